The van der Waals surface area contributed by atoms with Crippen LogP contribution in [0.3, 0.4) is 0 Å². The van der Waals surface area contributed by atoms with Crippen LogP contribution in [-0.2, 0) is 40.4 Å². The highest BCUT2D eigenvalue weighted by Crippen LogP contribution is 2.42. The zero-order valence-electron chi connectivity index (χ0n) is 33.6. The third-order valence-electron chi connectivity index (χ3n) is 9.13. The molecular formula is C44H52Cl2N4O6. The molecule has 5 aromatic rings. The van der Waals surface area contributed by atoms with Crippen LogP contribution in [0.4, 0.5) is 4.79 Å². The van der Waals surface area contributed by atoms with Crippen molar-refractivity contribution in [3.8, 4) is 16.9 Å². The van der Waals surface area contributed by atoms with Gasteiger partial charge in [-0.1, -0.05) is 59.6 Å². The Labute approximate surface area is 339 Å². The van der Waals surface area contributed by atoms with Gasteiger partial charge in [-0.25, -0.2) is 19.6 Å². The predicted molar refractivity (Wildman–Crippen MR) is 222 cm³/mol. The van der Waals surface area contributed by atoms with Gasteiger partial charge in [0.2, 0.25) is 0 Å². The van der Waals surface area contributed by atoms with Crippen molar-refractivity contribution in [2.45, 2.75) is 100 Å². The average Bonchev–Trinajstić information content (AvgIpc) is 3.44. The molecule has 1 amide bonds. The summed E-state index contributed by atoms with van der Waals surface area (Å²) in [6, 6.07) is 17.6. The number of hydrogen-bond donors (Lipinski definition) is 1. The van der Waals surface area contributed by atoms with E-state index in [2.05, 4.69) is 5.32 Å². The van der Waals surface area contributed by atoms with Crippen molar-refractivity contribution in [2.24, 2.45) is 0 Å². The minimum atomic E-state index is -0.630. The van der Waals surface area contributed by atoms with E-state index >= 15 is 0 Å². The average molecular weight is 804 g/mol. The van der Waals surface area contributed by atoms with E-state index in [1.165, 1.54) is 0 Å². The summed E-state index contributed by atoms with van der Waals surface area (Å²) in [5, 5.41) is 4.92. The fourth-order valence-corrected chi connectivity index (χ4v) is 7.21. The Morgan fingerprint density at radius 1 is 0.875 bits per heavy atom. The SMILES string of the molecule is CCOC(=O)c1c(CCCOc2cc(C)c(Cl)c(C)c2)c2ccc(Cl)c(-c3c(C)nc(COCc4ccccc4)nc3C)c2n1CCCNC(=O)OC(C)(C)C. The molecule has 0 spiro atoms. The molecule has 2 aromatic heterocycles. The molecule has 0 unspecified atom stereocenters. The third kappa shape index (κ3) is 10.6. The number of aromatic nitrogens is 3. The van der Waals surface area contributed by atoms with E-state index in [-0.39, 0.29) is 13.2 Å². The molecule has 2 heterocycles. The predicted octanol–water partition coefficient (Wildman–Crippen LogP) is 10.5. The van der Waals surface area contributed by atoms with Crippen LogP contribution in [-0.4, -0.2) is 52.0 Å². The Kier molecular flexibility index (Phi) is 14.4. The van der Waals surface area contributed by atoms with E-state index in [0.29, 0.717) is 62.1 Å². The molecule has 12 heteroatoms. The second kappa shape index (κ2) is 19.0. The van der Waals surface area contributed by atoms with Gasteiger partial charge in [0.25, 0.3) is 0 Å². The number of esters is 1. The Bertz CT molecular complexity index is 2130. The van der Waals surface area contributed by atoms with E-state index in [0.717, 1.165) is 66.4 Å². The summed E-state index contributed by atoms with van der Waals surface area (Å²) in [6.45, 7) is 17.0. The monoisotopic (exact) mass is 802 g/mol. The number of ether oxygens (including phenoxy) is 4. The maximum Gasteiger partial charge on any atom is 0.407 e. The molecule has 0 bridgehead atoms. The molecule has 0 radical (unpaired) electrons. The summed E-state index contributed by atoms with van der Waals surface area (Å²) < 4.78 is 25.3. The van der Waals surface area contributed by atoms with Crippen molar-refractivity contribution in [3.63, 3.8) is 0 Å². The zero-order valence-corrected chi connectivity index (χ0v) is 35.1. The number of alkyl carbamates (subject to hydrolysis) is 1. The van der Waals surface area contributed by atoms with Gasteiger partial charge in [0.05, 0.1) is 30.4 Å². The highest BCUT2D eigenvalue weighted by molar-refractivity contribution is 6.35. The summed E-state index contributed by atoms with van der Waals surface area (Å²) in [7, 11) is 0. The second-order valence-corrected chi connectivity index (χ2v) is 15.6. The van der Waals surface area contributed by atoms with Crippen LogP contribution in [0.25, 0.3) is 22.0 Å². The number of fused-ring (bicyclic) bond motifs is 1. The molecule has 0 aliphatic carbocycles. The van der Waals surface area contributed by atoms with Gasteiger partial charge in [-0.3, -0.25) is 0 Å². The van der Waals surface area contributed by atoms with Crippen LogP contribution >= 0.6 is 23.2 Å². The molecule has 10 nitrogen and oxygen atoms in total. The summed E-state index contributed by atoms with van der Waals surface area (Å²) >= 11 is 13.5. The molecule has 5 rings (SSSR count). The second-order valence-electron chi connectivity index (χ2n) is 14.8. The maximum absolute atomic E-state index is 14.0. The van der Waals surface area contributed by atoms with Gasteiger partial charge in [0, 0.05) is 46.0 Å². The molecule has 0 saturated heterocycles. The number of hydrogen-bond acceptors (Lipinski definition) is 8. The molecule has 0 fully saturated rings. The molecular weight excluding hydrogens is 751 g/mol. The number of carbonyl (C=O) groups excluding carboxylic acids is 2. The number of amides is 1. The first-order chi connectivity index (χ1) is 26.7. The number of halogens is 2. The van der Waals surface area contributed by atoms with Crippen molar-refractivity contribution >= 4 is 46.2 Å². The van der Waals surface area contributed by atoms with Crippen LogP contribution in [0, 0.1) is 27.7 Å². The van der Waals surface area contributed by atoms with Crippen LogP contribution in [0.1, 0.15) is 90.5 Å². The quantitative estimate of drug-likeness (QED) is 0.0775. The fraction of sp³-hybridized carbons (Fsp3) is 0.409. The molecule has 0 atom stereocenters. The number of rotatable bonds is 16. The lowest BCUT2D eigenvalue weighted by atomic mass is 9.97. The Hall–Kier alpha value is -4.64. The van der Waals surface area contributed by atoms with E-state index in [1.807, 2.05) is 108 Å². The van der Waals surface area contributed by atoms with Crippen molar-refractivity contribution in [1.82, 2.24) is 19.9 Å². The number of benzene rings is 3. The normalized spacial score (nSPS) is 11.5. The van der Waals surface area contributed by atoms with Crippen molar-refractivity contribution in [3.05, 3.63) is 110 Å². The van der Waals surface area contributed by atoms with Gasteiger partial charge in [-0.05, 0) is 115 Å². The molecule has 0 aliphatic rings. The highest BCUT2D eigenvalue weighted by atomic mass is 35.5. The minimum Gasteiger partial charge on any atom is -0.494 e. The summed E-state index contributed by atoms with van der Waals surface area (Å²) in [5.74, 6) is 0.857. The van der Waals surface area contributed by atoms with Gasteiger partial charge < -0.3 is 28.8 Å². The van der Waals surface area contributed by atoms with E-state index < -0.39 is 17.7 Å². The molecule has 1 N–H and O–H groups in total. The summed E-state index contributed by atoms with van der Waals surface area (Å²) in [4.78, 5) is 36.2. The molecule has 298 valence electrons. The van der Waals surface area contributed by atoms with Gasteiger partial charge in [0.15, 0.2) is 5.82 Å². The van der Waals surface area contributed by atoms with E-state index in [1.54, 1.807) is 6.92 Å². The van der Waals surface area contributed by atoms with Crippen molar-refractivity contribution in [1.29, 1.82) is 0 Å². The first-order valence-corrected chi connectivity index (χ1v) is 19.8. The molecule has 56 heavy (non-hydrogen) atoms. The van der Waals surface area contributed by atoms with E-state index in [9.17, 15) is 9.59 Å². The number of aryl methyl sites for hydroxylation is 6. The van der Waals surface area contributed by atoms with Crippen molar-refractivity contribution < 1.29 is 28.5 Å². The number of carbonyl (C=O) groups is 2. The summed E-state index contributed by atoms with van der Waals surface area (Å²) in [6.07, 6.45) is 1.12. The van der Waals surface area contributed by atoms with E-state index in [4.69, 9.17) is 52.1 Å². The summed E-state index contributed by atoms with van der Waals surface area (Å²) in [5.41, 5.74) is 7.30. The van der Waals surface area contributed by atoms with Crippen LogP contribution in [0.5, 0.6) is 5.75 Å². The fourth-order valence-electron chi connectivity index (χ4n) is 6.86. The Balaban J connectivity index is 1.54. The molecule has 3 aromatic carbocycles. The zero-order chi connectivity index (χ0) is 40.6. The lowest BCUT2D eigenvalue weighted by molar-refractivity contribution is 0.0502. The maximum atomic E-state index is 14.0. The molecule has 0 aliphatic heterocycles. The van der Waals surface area contributed by atoms with Crippen molar-refractivity contribution in [2.75, 3.05) is 19.8 Å². The number of nitrogens with one attached hydrogen (secondary N) is 1. The van der Waals surface area contributed by atoms with Crippen LogP contribution in [0.15, 0.2) is 54.6 Å². The Morgan fingerprint density at radius 2 is 1.55 bits per heavy atom. The number of nitrogens with zero attached hydrogens (tertiary/aromatic N) is 3. The highest BCUT2D eigenvalue weighted by Gasteiger charge is 2.28. The Morgan fingerprint density at radius 3 is 2.20 bits per heavy atom. The lowest BCUT2D eigenvalue weighted by Gasteiger charge is -2.20. The minimum absolute atomic E-state index is 0.200. The first-order valence-electron chi connectivity index (χ1n) is 19.0. The lowest BCUT2D eigenvalue weighted by Crippen LogP contribution is -2.33. The topological polar surface area (TPSA) is 114 Å². The largest absolute Gasteiger partial charge is 0.494 e. The standard InChI is InChI=1S/C44H52Cl2N4O6/c1-9-54-42(51)41-33(17-13-22-55-32-23-27(2)39(46)28(3)24-32)34-18-19-35(45)38(40(34)50(41)21-14-20-47-43(52)56-44(6,7)8)37-29(4)48-36(49-30(37)5)26-53-25-31-15-11-10-12-16-31/h10-12,15-16,18-19,23-24H,9,13-14,17,20-22,25-26H2,1-8H3,(H,47,52). The van der Waals surface area contributed by atoms with Gasteiger partial charge in [-0.15, -0.1) is 0 Å². The first kappa shape index (κ1) is 42.5. The van der Waals surface area contributed by atoms with Crippen LogP contribution < -0.4 is 10.1 Å². The van der Waals surface area contributed by atoms with Gasteiger partial charge in [-0.2, -0.15) is 0 Å². The van der Waals surface area contributed by atoms with Gasteiger partial charge in [0.1, 0.15) is 23.7 Å². The third-order valence-corrected chi connectivity index (χ3v) is 10.0. The smallest absolute Gasteiger partial charge is 0.407 e. The van der Waals surface area contributed by atoms with Gasteiger partial charge >= 0.3 is 12.1 Å². The van der Waals surface area contributed by atoms with Crippen LogP contribution in [0.2, 0.25) is 10.0 Å². The molecule has 0 saturated carbocycles.